The Morgan fingerprint density at radius 1 is 1.15 bits per heavy atom. The molecule has 1 aromatic carbocycles. The van der Waals surface area contributed by atoms with E-state index in [9.17, 15) is 9.18 Å². The van der Waals surface area contributed by atoms with Gasteiger partial charge in [0.05, 0.1) is 33.1 Å². The molecule has 0 saturated heterocycles. The van der Waals surface area contributed by atoms with Crippen LogP contribution in [0.2, 0.25) is 0 Å². The summed E-state index contributed by atoms with van der Waals surface area (Å²) in [5, 5.41) is 3.29. The highest BCUT2D eigenvalue weighted by Crippen LogP contribution is 2.39. The highest BCUT2D eigenvalue weighted by atomic mass is 32.1. The molecule has 0 saturated carbocycles. The topological polar surface area (TPSA) is 73.3 Å². The van der Waals surface area contributed by atoms with Crippen molar-refractivity contribution in [1.29, 1.82) is 0 Å². The zero-order valence-corrected chi connectivity index (χ0v) is 19.2. The third-order valence-electron chi connectivity index (χ3n) is 4.89. The summed E-state index contributed by atoms with van der Waals surface area (Å²) in [5.74, 6) is 0.0955. The third kappa shape index (κ3) is 5.78. The lowest BCUT2D eigenvalue weighted by atomic mass is 10.1. The summed E-state index contributed by atoms with van der Waals surface area (Å²) in [6.45, 7) is 3.52. The molecule has 0 spiro atoms. The highest BCUT2D eigenvalue weighted by molar-refractivity contribution is 7.22. The van der Waals surface area contributed by atoms with Gasteiger partial charge in [0.2, 0.25) is 0 Å². The lowest BCUT2D eigenvalue weighted by Gasteiger charge is -2.08. The SMILES string of the molecule is COCCNCc1cccc(-c2cc3nccc(Oc4ccc(CC(C)=O)cc4F)c3s2)n1. The fraction of sp³-hybridized carbons (Fsp3) is 0.240. The maximum atomic E-state index is 14.6. The first-order chi connectivity index (χ1) is 16.0. The monoisotopic (exact) mass is 465 g/mol. The van der Waals surface area contributed by atoms with Crippen LogP contribution >= 0.6 is 11.3 Å². The van der Waals surface area contributed by atoms with Gasteiger partial charge in [-0.3, -0.25) is 14.8 Å². The standard InChI is InChI=1S/C25H24FN3O3S/c1-16(30)12-17-6-7-22(19(26)13-17)32-23-8-9-28-21-14-24(33-25(21)23)20-5-3-4-18(29-20)15-27-10-11-31-2/h3-9,13-14,27H,10-12,15H2,1-2H3. The molecule has 0 radical (unpaired) electrons. The second kappa shape index (κ2) is 10.6. The lowest BCUT2D eigenvalue weighted by Crippen LogP contribution is -2.19. The molecule has 8 heteroatoms. The Labute approximate surface area is 195 Å². The molecule has 0 aliphatic heterocycles. The molecule has 3 aromatic heterocycles. The van der Waals surface area contributed by atoms with Gasteiger partial charge in [0.25, 0.3) is 0 Å². The molecular formula is C25H24FN3O3S. The summed E-state index contributed by atoms with van der Waals surface area (Å²) in [6, 6.07) is 14.2. The van der Waals surface area contributed by atoms with Gasteiger partial charge in [0.15, 0.2) is 11.6 Å². The Hall–Kier alpha value is -3.20. The van der Waals surface area contributed by atoms with Crippen LogP contribution in [0.15, 0.2) is 54.7 Å². The number of nitrogens with zero attached hydrogens (tertiary/aromatic N) is 2. The second-order valence-corrected chi connectivity index (χ2v) is 8.62. The summed E-state index contributed by atoms with van der Waals surface area (Å²) < 4.78 is 26.3. The number of thiophene rings is 1. The number of pyridine rings is 2. The van der Waals surface area contributed by atoms with Crippen molar-refractivity contribution in [3.63, 3.8) is 0 Å². The van der Waals surface area contributed by atoms with Crippen molar-refractivity contribution in [2.75, 3.05) is 20.3 Å². The number of carbonyl (C=O) groups excluding carboxylic acids is 1. The predicted octanol–water partition coefficient (Wildman–Crippen LogP) is 5.16. The van der Waals surface area contributed by atoms with Crippen LogP contribution < -0.4 is 10.1 Å². The van der Waals surface area contributed by atoms with Crippen molar-refractivity contribution < 1.29 is 18.7 Å². The van der Waals surface area contributed by atoms with Gasteiger partial charge in [-0.2, -0.15) is 0 Å². The van der Waals surface area contributed by atoms with Gasteiger partial charge in [0, 0.05) is 38.9 Å². The molecule has 0 amide bonds. The van der Waals surface area contributed by atoms with Crippen molar-refractivity contribution in [3.8, 4) is 22.1 Å². The maximum Gasteiger partial charge on any atom is 0.166 e. The van der Waals surface area contributed by atoms with E-state index in [0.29, 0.717) is 24.5 Å². The second-order valence-electron chi connectivity index (χ2n) is 7.56. The molecule has 0 aliphatic rings. The molecule has 0 atom stereocenters. The zero-order valence-electron chi connectivity index (χ0n) is 18.4. The molecule has 0 unspecified atom stereocenters. The largest absolute Gasteiger partial charge is 0.453 e. The van der Waals surface area contributed by atoms with Gasteiger partial charge in [-0.1, -0.05) is 12.1 Å². The van der Waals surface area contributed by atoms with Gasteiger partial charge >= 0.3 is 0 Å². The van der Waals surface area contributed by atoms with Crippen LogP contribution in [-0.4, -0.2) is 36.0 Å². The Balaban J connectivity index is 1.57. The summed E-state index contributed by atoms with van der Waals surface area (Å²) in [5.41, 5.74) is 3.15. The normalized spacial score (nSPS) is 11.1. The van der Waals surface area contributed by atoms with E-state index < -0.39 is 5.82 Å². The Morgan fingerprint density at radius 3 is 2.82 bits per heavy atom. The number of hydrogen-bond donors (Lipinski definition) is 1. The van der Waals surface area contributed by atoms with Gasteiger partial charge in [0.1, 0.15) is 11.5 Å². The van der Waals surface area contributed by atoms with E-state index in [4.69, 9.17) is 14.5 Å². The molecular weight excluding hydrogens is 441 g/mol. The number of methoxy groups -OCH3 is 1. The van der Waals surface area contributed by atoms with E-state index in [1.165, 1.54) is 24.3 Å². The van der Waals surface area contributed by atoms with Crippen LogP contribution in [0, 0.1) is 5.82 Å². The highest BCUT2D eigenvalue weighted by Gasteiger charge is 2.14. The average molecular weight is 466 g/mol. The summed E-state index contributed by atoms with van der Waals surface area (Å²) >= 11 is 1.50. The van der Waals surface area contributed by atoms with Gasteiger partial charge < -0.3 is 14.8 Å². The van der Waals surface area contributed by atoms with E-state index in [1.807, 2.05) is 24.3 Å². The van der Waals surface area contributed by atoms with E-state index in [-0.39, 0.29) is 18.0 Å². The smallest absolute Gasteiger partial charge is 0.166 e. The van der Waals surface area contributed by atoms with Crippen molar-refractivity contribution in [1.82, 2.24) is 15.3 Å². The first-order valence-electron chi connectivity index (χ1n) is 10.5. The summed E-state index contributed by atoms with van der Waals surface area (Å²) in [6.07, 6.45) is 1.83. The van der Waals surface area contributed by atoms with E-state index in [1.54, 1.807) is 31.5 Å². The number of ether oxygens (including phenoxy) is 2. The minimum atomic E-state index is -0.508. The molecule has 33 heavy (non-hydrogen) atoms. The lowest BCUT2D eigenvalue weighted by molar-refractivity contribution is -0.116. The van der Waals surface area contributed by atoms with Gasteiger partial charge in [-0.15, -0.1) is 11.3 Å². The Morgan fingerprint density at radius 2 is 2.03 bits per heavy atom. The fourth-order valence-electron chi connectivity index (χ4n) is 3.37. The van der Waals surface area contributed by atoms with Gasteiger partial charge in [-0.25, -0.2) is 4.39 Å². The molecule has 4 rings (SSSR count). The molecule has 6 nitrogen and oxygen atoms in total. The number of benzene rings is 1. The first-order valence-corrected chi connectivity index (χ1v) is 11.4. The number of halogens is 1. The Bertz CT molecular complexity index is 1270. The molecule has 0 bridgehead atoms. The van der Waals surface area contributed by atoms with Crippen LogP contribution in [0.4, 0.5) is 4.39 Å². The minimum absolute atomic E-state index is 0.0199. The number of Topliss-reactive ketones (excluding diaryl/α,β-unsaturated/α-hetero) is 1. The first kappa shape index (κ1) is 23.0. The molecule has 3 heterocycles. The number of aromatic nitrogens is 2. The number of fused-ring (bicyclic) bond motifs is 1. The molecule has 170 valence electrons. The molecule has 0 fully saturated rings. The van der Waals surface area contributed by atoms with E-state index >= 15 is 0 Å². The number of carbonyl (C=O) groups is 1. The zero-order chi connectivity index (χ0) is 23.2. The maximum absolute atomic E-state index is 14.6. The third-order valence-corrected chi connectivity index (χ3v) is 6.05. The van der Waals surface area contributed by atoms with Crippen LogP contribution in [-0.2, 0) is 22.5 Å². The summed E-state index contributed by atoms with van der Waals surface area (Å²) in [4.78, 5) is 21.4. The average Bonchev–Trinajstić information content (AvgIpc) is 3.24. The van der Waals surface area contributed by atoms with Crippen molar-refractivity contribution >= 4 is 27.3 Å². The van der Waals surface area contributed by atoms with E-state index in [2.05, 4.69) is 10.3 Å². The Kier molecular flexibility index (Phi) is 7.39. The van der Waals surface area contributed by atoms with Crippen LogP contribution in [0.25, 0.3) is 20.8 Å². The number of hydrogen-bond acceptors (Lipinski definition) is 7. The quantitative estimate of drug-likeness (QED) is 0.326. The van der Waals surface area contributed by atoms with Crippen LogP contribution in [0.5, 0.6) is 11.5 Å². The number of rotatable bonds is 10. The fourth-order valence-corrected chi connectivity index (χ4v) is 4.41. The number of nitrogens with one attached hydrogen (secondary N) is 1. The van der Waals surface area contributed by atoms with Crippen LogP contribution in [0.1, 0.15) is 18.2 Å². The predicted molar refractivity (Wildman–Crippen MR) is 127 cm³/mol. The number of ketones is 1. The van der Waals surface area contributed by atoms with Crippen molar-refractivity contribution in [3.05, 3.63) is 71.8 Å². The van der Waals surface area contributed by atoms with E-state index in [0.717, 1.165) is 33.0 Å². The van der Waals surface area contributed by atoms with Crippen molar-refractivity contribution in [2.45, 2.75) is 19.9 Å². The molecule has 4 aromatic rings. The van der Waals surface area contributed by atoms with Crippen LogP contribution in [0.3, 0.4) is 0 Å². The van der Waals surface area contributed by atoms with Crippen molar-refractivity contribution in [2.24, 2.45) is 0 Å². The summed E-state index contributed by atoms with van der Waals surface area (Å²) in [7, 11) is 1.67. The molecule has 0 aliphatic carbocycles. The minimum Gasteiger partial charge on any atom is -0.453 e. The van der Waals surface area contributed by atoms with Gasteiger partial charge in [-0.05, 0) is 42.8 Å². The molecule has 1 N–H and O–H groups in total.